The highest BCUT2D eigenvalue weighted by atomic mass is 19.4. The molecule has 17 heavy (non-hydrogen) atoms. The van der Waals surface area contributed by atoms with Crippen molar-refractivity contribution < 1.29 is 18.3 Å². The molecule has 0 spiro atoms. The van der Waals surface area contributed by atoms with Crippen molar-refractivity contribution in [3.8, 4) is 0 Å². The van der Waals surface area contributed by atoms with E-state index >= 15 is 0 Å². The van der Waals surface area contributed by atoms with Crippen LogP contribution in [0.2, 0.25) is 0 Å². The highest BCUT2D eigenvalue weighted by Crippen LogP contribution is 2.30. The van der Waals surface area contributed by atoms with Crippen LogP contribution in [0.5, 0.6) is 0 Å². The average molecular weight is 253 g/mol. The molecule has 5 heteroatoms. The average Bonchev–Trinajstić information content (AvgIpc) is 2.24. The zero-order valence-electron chi connectivity index (χ0n) is 10.4. The summed E-state index contributed by atoms with van der Waals surface area (Å²) in [6, 6.07) is 0.112. The van der Waals surface area contributed by atoms with Crippen LogP contribution in [0.3, 0.4) is 0 Å². The van der Waals surface area contributed by atoms with Crippen molar-refractivity contribution in [3.63, 3.8) is 0 Å². The number of nitrogens with one attached hydrogen (secondary N) is 1. The molecule has 3 atom stereocenters. The monoisotopic (exact) mass is 253 g/mol. The van der Waals surface area contributed by atoms with Gasteiger partial charge in [-0.1, -0.05) is 26.7 Å². The molecule has 0 aromatic carbocycles. The van der Waals surface area contributed by atoms with E-state index in [0.29, 0.717) is 11.8 Å². The van der Waals surface area contributed by atoms with Gasteiger partial charge in [0, 0.05) is 12.6 Å². The van der Waals surface area contributed by atoms with Crippen LogP contribution in [0.25, 0.3) is 0 Å². The Balaban J connectivity index is 2.43. The number of aliphatic hydroxyl groups is 1. The van der Waals surface area contributed by atoms with Gasteiger partial charge in [-0.05, 0) is 24.7 Å². The van der Waals surface area contributed by atoms with Gasteiger partial charge in [-0.3, -0.25) is 0 Å². The summed E-state index contributed by atoms with van der Waals surface area (Å²) in [5.74, 6) is 0.889. The van der Waals surface area contributed by atoms with Crippen molar-refractivity contribution >= 4 is 0 Å². The maximum atomic E-state index is 12.2. The highest BCUT2D eigenvalue weighted by Gasteiger charge is 2.38. The van der Waals surface area contributed by atoms with E-state index in [2.05, 4.69) is 19.2 Å². The quantitative estimate of drug-likeness (QED) is 0.807. The third kappa shape index (κ3) is 4.47. The molecule has 2 N–H and O–H groups in total. The van der Waals surface area contributed by atoms with Gasteiger partial charge in [-0.15, -0.1) is 0 Å². The zero-order valence-corrected chi connectivity index (χ0v) is 10.4. The predicted octanol–water partition coefficient (Wildman–Crippen LogP) is 2.71. The maximum absolute atomic E-state index is 12.2. The van der Waals surface area contributed by atoms with E-state index < -0.39 is 18.8 Å². The summed E-state index contributed by atoms with van der Waals surface area (Å²) in [5, 5.41) is 11.8. The van der Waals surface area contributed by atoms with Crippen LogP contribution in [-0.2, 0) is 0 Å². The molecule has 0 amide bonds. The molecule has 1 rings (SSSR count). The van der Waals surface area contributed by atoms with E-state index in [0.717, 1.165) is 25.7 Å². The van der Waals surface area contributed by atoms with Gasteiger partial charge in [0.2, 0.25) is 0 Å². The first-order valence-electron chi connectivity index (χ1n) is 6.30. The van der Waals surface area contributed by atoms with Crippen LogP contribution < -0.4 is 5.32 Å². The number of halogens is 3. The lowest BCUT2D eigenvalue weighted by atomic mass is 9.78. The van der Waals surface area contributed by atoms with Crippen molar-refractivity contribution in [2.24, 2.45) is 11.8 Å². The summed E-state index contributed by atoms with van der Waals surface area (Å²) in [4.78, 5) is 0. The van der Waals surface area contributed by atoms with Gasteiger partial charge in [-0.2, -0.15) is 13.2 Å². The Bertz CT molecular complexity index is 230. The van der Waals surface area contributed by atoms with Crippen LogP contribution in [0, 0.1) is 11.8 Å². The van der Waals surface area contributed by atoms with Gasteiger partial charge >= 0.3 is 6.18 Å². The number of hydrogen-bond acceptors (Lipinski definition) is 2. The van der Waals surface area contributed by atoms with Crippen molar-refractivity contribution in [1.82, 2.24) is 5.32 Å². The second-order valence-corrected chi connectivity index (χ2v) is 5.26. The topological polar surface area (TPSA) is 32.3 Å². The Hall–Kier alpha value is -0.290. The minimum atomic E-state index is -4.52. The van der Waals surface area contributed by atoms with Crippen LogP contribution in [0.1, 0.15) is 39.5 Å². The minimum absolute atomic E-state index is 0.112. The number of aliphatic hydroxyl groups excluding tert-OH is 1. The lowest BCUT2D eigenvalue weighted by Crippen LogP contribution is -2.47. The molecular weight excluding hydrogens is 231 g/mol. The van der Waals surface area contributed by atoms with Crippen LogP contribution in [-0.4, -0.2) is 30.0 Å². The molecular formula is C12H22F3NO. The van der Waals surface area contributed by atoms with E-state index in [1.807, 2.05) is 0 Å². The lowest BCUT2D eigenvalue weighted by molar-refractivity contribution is -0.202. The fourth-order valence-corrected chi connectivity index (χ4v) is 2.59. The largest absolute Gasteiger partial charge is 0.415 e. The van der Waals surface area contributed by atoms with Crippen molar-refractivity contribution in [1.29, 1.82) is 0 Å². The molecule has 0 radical (unpaired) electrons. The first kappa shape index (κ1) is 14.8. The number of alkyl halides is 3. The normalized spacial score (nSPS) is 28.4. The Morgan fingerprint density at radius 2 is 1.82 bits per heavy atom. The highest BCUT2D eigenvalue weighted by molar-refractivity contribution is 4.84. The summed E-state index contributed by atoms with van der Waals surface area (Å²) < 4.78 is 36.5. The lowest BCUT2D eigenvalue weighted by Gasteiger charge is -2.35. The SMILES string of the molecule is CC(C)C1CCCCC1NCC(O)C(F)(F)F. The van der Waals surface area contributed by atoms with Crippen molar-refractivity contribution in [2.75, 3.05) is 6.54 Å². The van der Waals surface area contributed by atoms with Crippen molar-refractivity contribution in [3.05, 3.63) is 0 Å². The smallest absolute Gasteiger partial charge is 0.382 e. The molecule has 0 aliphatic heterocycles. The summed E-state index contributed by atoms with van der Waals surface area (Å²) in [6.07, 6.45) is -2.58. The van der Waals surface area contributed by atoms with E-state index in [4.69, 9.17) is 5.11 Å². The third-order valence-electron chi connectivity index (χ3n) is 3.63. The molecule has 0 bridgehead atoms. The Morgan fingerprint density at radius 3 is 2.35 bits per heavy atom. The predicted molar refractivity (Wildman–Crippen MR) is 60.6 cm³/mol. The third-order valence-corrected chi connectivity index (χ3v) is 3.63. The first-order valence-corrected chi connectivity index (χ1v) is 6.30. The Labute approximate surface area is 101 Å². The molecule has 1 aliphatic rings. The van der Waals surface area contributed by atoms with Crippen LogP contribution in [0.4, 0.5) is 13.2 Å². The fraction of sp³-hybridized carbons (Fsp3) is 1.00. The van der Waals surface area contributed by atoms with E-state index in [1.54, 1.807) is 0 Å². The van der Waals surface area contributed by atoms with Gasteiger partial charge in [0.15, 0.2) is 6.10 Å². The zero-order chi connectivity index (χ0) is 13.1. The van der Waals surface area contributed by atoms with Gasteiger partial charge < -0.3 is 10.4 Å². The maximum Gasteiger partial charge on any atom is 0.415 e. The molecule has 2 nitrogen and oxygen atoms in total. The van der Waals surface area contributed by atoms with Crippen LogP contribution in [0.15, 0.2) is 0 Å². The molecule has 0 aromatic heterocycles. The molecule has 1 fully saturated rings. The van der Waals surface area contributed by atoms with E-state index in [9.17, 15) is 13.2 Å². The van der Waals surface area contributed by atoms with E-state index in [1.165, 1.54) is 0 Å². The molecule has 0 aromatic rings. The summed E-state index contributed by atoms with van der Waals surface area (Å²) >= 11 is 0. The number of rotatable bonds is 4. The Morgan fingerprint density at radius 1 is 1.24 bits per heavy atom. The second kappa shape index (κ2) is 6.05. The molecule has 0 saturated heterocycles. The van der Waals surface area contributed by atoms with Gasteiger partial charge in [-0.25, -0.2) is 0 Å². The molecule has 102 valence electrons. The van der Waals surface area contributed by atoms with E-state index in [-0.39, 0.29) is 6.04 Å². The standard InChI is InChI=1S/C12H22F3NO/c1-8(2)9-5-3-4-6-10(9)16-7-11(17)12(13,14)15/h8-11,16-17H,3-7H2,1-2H3. The van der Waals surface area contributed by atoms with Gasteiger partial charge in [0.1, 0.15) is 0 Å². The molecule has 1 saturated carbocycles. The molecule has 3 unspecified atom stereocenters. The summed E-state index contributed by atoms with van der Waals surface area (Å²) in [5.41, 5.74) is 0. The first-order chi connectivity index (χ1) is 7.82. The Kier molecular flexibility index (Phi) is 5.25. The number of hydrogen-bond donors (Lipinski definition) is 2. The second-order valence-electron chi connectivity index (χ2n) is 5.26. The summed E-state index contributed by atoms with van der Waals surface area (Å²) in [6.45, 7) is 3.81. The van der Waals surface area contributed by atoms with Gasteiger partial charge in [0.05, 0.1) is 0 Å². The fourth-order valence-electron chi connectivity index (χ4n) is 2.59. The van der Waals surface area contributed by atoms with Crippen LogP contribution >= 0.6 is 0 Å². The van der Waals surface area contributed by atoms with Crippen molar-refractivity contribution in [2.45, 2.75) is 57.9 Å². The minimum Gasteiger partial charge on any atom is -0.382 e. The molecule has 1 aliphatic carbocycles. The summed E-state index contributed by atoms with van der Waals surface area (Å²) in [7, 11) is 0. The van der Waals surface area contributed by atoms with Gasteiger partial charge in [0.25, 0.3) is 0 Å². The molecule has 0 heterocycles.